The van der Waals surface area contributed by atoms with Crippen molar-refractivity contribution in [2.24, 2.45) is 0 Å². The number of carboxylic acid groups (broad SMARTS) is 1. The monoisotopic (exact) mass is 681 g/mol. The highest BCUT2D eigenvalue weighted by Gasteiger charge is 2.36. The maximum atomic E-state index is 13.4. The molecule has 1 aromatic carbocycles. The number of fused-ring (bicyclic) bond motifs is 1. The molecular formula is C30H47N7O9S. The highest BCUT2D eigenvalue weighted by Crippen LogP contribution is 2.43. The van der Waals surface area contributed by atoms with Crippen LogP contribution < -0.4 is 36.0 Å². The average Bonchev–Trinajstić information content (AvgIpc) is 3.32. The number of nitrogens with one attached hydrogen (secondary N) is 7. The van der Waals surface area contributed by atoms with E-state index in [2.05, 4.69) is 31.3 Å². The highest BCUT2D eigenvalue weighted by atomic mass is 32.2. The summed E-state index contributed by atoms with van der Waals surface area (Å²) < 4.78 is 35.1. The Balaban J connectivity index is 1.98. The van der Waals surface area contributed by atoms with Crippen molar-refractivity contribution in [2.75, 3.05) is 26.2 Å². The quantitative estimate of drug-likeness (QED) is 0.0622. The number of hydrogen-bond acceptors (Lipinski definition) is 9. The molecule has 0 aliphatic carbocycles. The van der Waals surface area contributed by atoms with Gasteiger partial charge in [0.25, 0.3) is 10.0 Å². The molecular weight excluding hydrogens is 634 g/mol. The van der Waals surface area contributed by atoms with Crippen LogP contribution in [0.3, 0.4) is 0 Å². The average molecular weight is 682 g/mol. The molecule has 2 rings (SSSR count). The summed E-state index contributed by atoms with van der Waals surface area (Å²) in [4.78, 5) is 59.8. The van der Waals surface area contributed by atoms with Gasteiger partial charge in [-0.1, -0.05) is 6.92 Å². The number of hydrogen-bond donors (Lipinski definition) is 8. The van der Waals surface area contributed by atoms with Crippen molar-refractivity contribution in [1.82, 2.24) is 31.3 Å². The lowest BCUT2D eigenvalue weighted by Crippen LogP contribution is -2.50. The van der Waals surface area contributed by atoms with E-state index in [0.717, 1.165) is 12.0 Å². The first-order valence-electron chi connectivity index (χ1n) is 15.4. The number of ether oxygens (including phenoxy) is 1. The molecule has 17 heteroatoms. The largest absolute Gasteiger partial charge is 0.487 e. The van der Waals surface area contributed by atoms with Crippen molar-refractivity contribution in [2.45, 2.75) is 96.6 Å². The Morgan fingerprint density at radius 1 is 0.894 bits per heavy atom. The molecule has 0 saturated carbocycles. The summed E-state index contributed by atoms with van der Waals surface area (Å²) in [7, 11) is -4.15. The van der Waals surface area contributed by atoms with Gasteiger partial charge in [0.2, 0.25) is 29.6 Å². The fraction of sp³-hybridized carbons (Fsp3) is 0.600. The summed E-state index contributed by atoms with van der Waals surface area (Å²) in [5.74, 6) is -3.44. The van der Waals surface area contributed by atoms with Crippen LogP contribution in [0.1, 0.15) is 75.1 Å². The van der Waals surface area contributed by atoms with Crippen molar-refractivity contribution >= 4 is 45.6 Å². The van der Waals surface area contributed by atoms with Crippen LogP contribution in [0.25, 0.3) is 0 Å². The van der Waals surface area contributed by atoms with E-state index in [-0.39, 0.29) is 43.2 Å². The maximum Gasteiger partial charge on any atom is 0.303 e. The van der Waals surface area contributed by atoms with Gasteiger partial charge < -0.3 is 36.4 Å². The summed E-state index contributed by atoms with van der Waals surface area (Å²) in [6.45, 7) is 10.7. The molecule has 0 saturated heterocycles. The molecule has 1 atom stereocenters. The zero-order valence-corrected chi connectivity index (χ0v) is 28.6. The summed E-state index contributed by atoms with van der Waals surface area (Å²) in [5, 5.41) is 29.5. The minimum absolute atomic E-state index is 0.0107. The fourth-order valence-corrected chi connectivity index (χ4v) is 6.53. The number of carboxylic acids is 1. The second-order valence-corrected chi connectivity index (χ2v) is 13.6. The third-order valence-corrected chi connectivity index (χ3v) is 9.05. The molecule has 1 aliphatic rings. The van der Waals surface area contributed by atoms with Crippen LogP contribution in [0.15, 0.2) is 4.90 Å². The summed E-state index contributed by atoms with van der Waals surface area (Å²) in [5.41, 5.74) is 2.11. The predicted octanol–water partition coefficient (Wildman–Crippen LogP) is 0.0164. The number of rotatable bonds is 17. The SMILES string of the molecule is CCCNC(=O)CNC(=O)CNC(=O)C(CCCNC(=N)NS(=O)(=O)c1c(C)c(C)c2c(c1C)CC(C)(C)O2)NC(=O)CCC(=O)O. The molecule has 1 heterocycles. The lowest BCUT2D eigenvalue weighted by molar-refractivity contribution is -0.139. The van der Waals surface area contributed by atoms with Gasteiger partial charge in [0, 0.05) is 31.5 Å². The minimum atomic E-state index is -4.15. The Bertz CT molecular complexity index is 1490. The van der Waals surface area contributed by atoms with Crippen LogP contribution >= 0.6 is 0 Å². The van der Waals surface area contributed by atoms with E-state index in [4.69, 9.17) is 15.3 Å². The maximum absolute atomic E-state index is 13.4. The third kappa shape index (κ3) is 11.7. The molecule has 8 N–H and O–H groups in total. The Hall–Kier alpha value is -4.41. The molecule has 4 amide bonds. The Kier molecular flexibility index (Phi) is 14.0. The summed E-state index contributed by atoms with van der Waals surface area (Å²) >= 11 is 0. The van der Waals surface area contributed by atoms with E-state index in [1.807, 2.05) is 20.8 Å². The summed E-state index contributed by atoms with van der Waals surface area (Å²) in [6.07, 6.45) is 0.627. The van der Waals surface area contributed by atoms with Crippen LogP contribution in [0.5, 0.6) is 5.75 Å². The molecule has 0 radical (unpaired) electrons. The van der Waals surface area contributed by atoms with Crippen LogP contribution in [-0.4, -0.2) is 86.9 Å². The van der Waals surface area contributed by atoms with Gasteiger partial charge in [0.05, 0.1) is 24.4 Å². The number of aliphatic carboxylic acids is 1. The Labute approximate surface area is 275 Å². The van der Waals surface area contributed by atoms with Gasteiger partial charge in [-0.2, -0.15) is 0 Å². The van der Waals surface area contributed by atoms with E-state index < -0.39 is 64.3 Å². The van der Waals surface area contributed by atoms with Crippen molar-refractivity contribution in [3.8, 4) is 5.75 Å². The third-order valence-electron chi connectivity index (χ3n) is 7.43. The van der Waals surface area contributed by atoms with Gasteiger partial charge in [-0.15, -0.1) is 0 Å². The number of carbonyl (C=O) groups excluding carboxylic acids is 4. The van der Waals surface area contributed by atoms with E-state index in [1.54, 1.807) is 20.8 Å². The van der Waals surface area contributed by atoms with Gasteiger partial charge in [-0.3, -0.25) is 29.4 Å². The lowest BCUT2D eigenvalue weighted by Gasteiger charge is -2.20. The first kappa shape index (κ1) is 38.8. The van der Waals surface area contributed by atoms with Crippen LogP contribution in [0, 0.1) is 26.2 Å². The molecule has 16 nitrogen and oxygen atoms in total. The van der Waals surface area contributed by atoms with E-state index in [1.165, 1.54) is 0 Å². The van der Waals surface area contributed by atoms with E-state index in [0.29, 0.717) is 35.4 Å². The molecule has 0 bridgehead atoms. The van der Waals surface area contributed by atoms with Crippen LogP contribution in [0.2, 0.25) is 0 Å². The first-order chi connectivity index (χ1) is 21.9. The first-order valence-corrected chi connectivity index (χ1v) is 16.9. The smallest absolute Gasteiger partial charge is 0.303 e. The topological polar surface area (TPSA) is 245 Å². The molecule has 1 aliphatic heterocycles. The number of guanidine groups is 1. The zero-order chi connectivity index (χ0) is 35.5. The molecule has 0 spiro atoms. The van der Waals surface area contributed by atoms with Crippen molar-refractivity contribution in [3.05, 3.63) is 22.3 Å². The molecule has 1 aromatic rings. The van der Waals surface area contributed by atoms with Gasteiger partial charge in [0.1, 0.15) is 17.4 Å². The van der Waals surface area contributed by atoms with Crippen molar-refractivity contribution < 1.29 is 42.2 Å². The van der Waals surface area contributed by atoms with Gasteiger partial charge >= 0.3 is 5.97 Å². The number of amides is 4. The Morgan fingerprint density at radius 2 is 1.53 bits per heavy atom. The number of carbonyl (C=O) groups is 5. The standard InChI is InChI=1S/C30H47N7O9S/c1-7-12-32-23(39)15-34-24(40)16-35-28(43)21(36-22(38)10-11-25(41)42)9-8-13-33-29(31)37-47(44,45)27-18(3)17(2)26-20(19(27)4)14-30(5,6)46-26/h21H,7-16H2,1-6H3,(H,32,39)(H,34,40)(H,35,43)(H,36,38)(H,41,42)(H3,31,33,37). The second kappa shape index (κ2) is 16.9. The van der Waals surface area contributed by atoms with E-state index >= 15 is 0 Å². The van der Waals surface area contributed by atoms with Crippen molar-refractivity contribution in [3.63, 3.8) is 0 Å². The van der Waals surface area contributed by atoms with Gasteiger partial charge in [0.15, 0.2) is 0 Å². The van der Waals surface area contributed by atoms with Gasteiger partial charge in [-0.25, -0.2) is 13.1 Å². The van der Waals surface area contributed by atoms with Gasteiger partial charge in [-0.05, 0) is 70.6 Å². The number of benzene rings is 1. The second-order valence-electron chi connectivity index (χ2n) is 12.0. The fourth-order valence-electron chi connectivity index (χ4n) is 5.00. The number of sulfonamides is 1. The van der Waals surface area contributed by atoms with E-state index in [9.17, 15) is 32.4 Å². The molecule has 262 valence electrons. The minimum Gasteiger partial charge on any atom is -0.487 e. The van der Waals surface area contributed by atoms with Crippen LogP contribution in [0.4, 0.5) is 0 Å². The molecule has 0 aromatic heterocycles. The van der Waals surface area contributed by atoms with Crippen molar-refractivity contribution in [1.29, 1.82) is 5.41 Å². The van der Waals surface area contributed by atoms with Crippen LogP contribution in [-0.2, 0) is 40.4 Å². The molecule has 0 fully saturated rings. The zero-order valence-electron chi connectivity index (χ0n) is 27.8. The predicted molar refractivity (Wildman–Crippen MR) is 172 cm³/mol. The normalized spacial score (nSPS) is 13.7. The Morgan fingerprint density at radius 3 is 2.17 bits per heavy atom. The summed E-state index contributed by atoms with van der Waals surface area (Å²) in [6, 6.07) is -1.16. The highest BCUT2D eigenvalue weighted by molar-refractivity contribution is 7.90. The molecule has 1 unspecified atom stereocenters. The molecule has 47 heavy (non-hydrogen) atoms. The lowest BCUT2D eigenvalue weighted by atomic mass is 9.94.